The summed E-state index contributed by atoms with van der Waals surface area (Å²) >= 11 is 0. The van der Waals surface area contributed by atoms with Gasteiger partial charge in [-0.2, -0.15) is 0 Å². The predicted octanol–water partition coefficient (Wildman–Crippen LogP) is 13.9. The van der Waals surface area contributed by atoms with Crippen LogP contribution in [0.2, 0.25) is 0 Å². The zero-order chi connectivity index (χ0) is 38.3. The summed E-state index contributed by atoms with van der Waals surface area (Å²) in [5.41, 5.74) is 22.5. The van der Waals surface area contributed by atoms with Crippen molar-refractivity contribution in [3.8, 4) is 39.3 Å². The summed E-state index contributed by atoms with van der Waals surface area (Å²) in [7, 11) is 0. The van der Waals surface area contributed by atoms with Crippen LogP contribution in [0, 0.1) is 0 Å². The van der Waals surface area contributed by atoms with Crippen LogP contribution in [-0.2, 0) is 0 Å². The molecule has 2 N–H and O–H groups in total. The van der Waals surface area contributed by atoms with Crippen LogP contribution in [0.1, 0.15) is 0 Å². The molecule has 12 rings (SSSR count). The number of nitrogens with zero attached hydrogens (tertiary/aromatic N) is 3. The van der Waals surface area contributed by atoms with Crippen LogP contribution in [0.4, 0.5) is 5.69 Å². The van der Waals surface area contributed by atoms with Crippen molar-refractivity contribution in [1.82, 2.24) is 13.7 Å². The zero-order valence-electron chi connectivity index (χ0n) is 31.5. The van der Waals surface area contributed by atoms with Crippen LogP contribution >= 0.6 is 0 Å². The number of benzene rings is 9. The largest absolute Gasteiger partial charge is 0.398 e. The molecule has 0 amide bonds. The van der Waals surface area contributed by atoms with Crippen molar-refractivity contribution >= 4 is 71.1 Å². The number of hydrogen-bond acceptors (Lipinski definition) is 1. The van der Waals surface area contributed by atoms with Gasteiger partial charge >= 0.3 is 0 Å². The maximum Gasteiger partial charge on any atom is 0.0548 e. The van der Waals surface area contributed by atoms with Gasteiger partial charge in [0, 0.05) is 60.5 Å². The molecule has 0 bridgehead atoms. The van der Waals surface area contributed by atoms with E-state index in [0.717, 1.165) is 56.0 Å². The first-order valence-electron chi connectivity index (χ1n) is 19.8. The lowest BCUT2D eigenvalue weighted by molar-refractivity contribution is 1.17. The van der Waals surface area contributed by atoms with Crippen molar-refractivity contribution in [2.75, 3.05) is 5.73 Å². The second-order valence-corrected chi connectivity index (χ2v) is 15.1. The van der Waals surface area contributed by atoms with Gasteiger partial charge in [0.25, 0.3) is 0 Å². The molecular weight excluding hydrogens is 705 g/mol. The molecule has 0 saturated heterocycles. The van der Waals surface area contributed by atoms with Gasteiger partial charge < -0.3 is 19.4 Å². The minimum atomic E-state index is 0.732. The molecule has 12 aromatic rings. The summed E-state index contributed by atoms with van der Waals surface area (Å²) < 4.78 is 7.15. The van der Waals surface area contributed by atoms with E-state index in [1.807, 2.05) is 0 Å². The Bertz CT molecular complexity index is 3400. The van der Waals surface area contributed by atoms with E-state index in [9.17, 15) is 0 Å². The summed E-state index contributed by atoms with van der Waals surface area (Å²) in [6, 6.07) is 74.3. The molecule has 0 atom stereocenters. The van der Waals surface area contributed by atoms with E-state index in [0.29, 0.717) is 0 Å². The molecule has 0 fully saturated rings. The molecule has 0 unspecified atom stereocenters. The third kappa shape index (κ3) is 4.69. The van der Waals surface area contributed by atoms with Crippen LogP contribution in [0.15, 0.2) is 206 Å². The average molecular weight is 741 g/mol. The van der Waals surface area contributed by atoms with E-state index in [2.05, 4.69) is 220 Å². The van der Waals surface area contributed by atoms with Crippen LogP contribution < -0.4 is 5.73 Å². The second-order valence-electron chi connectivity index (χ2n) is 15.1. The minimum absolute atomic E-state index is 0.732. The first-order chi connectivity index (χ1) is 28.7. The fraction of sp³-hybridized carbons (Fsp3) is 0. The van der Waals surface area contributed by atoms with Crippen LogP contribution in [0.25, 0.3) is 105 Å². The Morgan fingerprint density at radius 1 is 0.259 bits per heavy atom. The van der Waals surface area contributed by atoms with Crippen molar-refractivity contribution in [1.29, 1.82) is 0 Å². The van der Waals surface area contributed by atoms with Gasteiger partial charge in [-0.25, -0.2) is 0 Å². The maximum absolute atomic E-state index is 7.13. The Kier molecular flexibility index (Phi) is 7.05. The minimum Gasteiger partial charge on any atom is -0.398 e. The monoisotopic (exact) mass is 740 g/mol. The highest BCUT2D eigenvalue weighted by molar-refractivity contribution is 6.12. The number of para-hydroxylation sites is 6. The predicted molar refractivity (Wildman–Crippen MR) is 245 cm³/mol. The molecule has 0 aliphatic heterocycles. The molecule has 0 radical (unpaired) electrons. The molecule has 272 valence electrons. The Morgan fingerprint density at radius 2 is 0.552 bits per heavy atom. The summed E-state index contributed by atoms with van der Waals surface area (Å²) in [4.78, 5) is 0. The van der Waals surface area contributed by atoms with Gasteiger partial charge in [-0.3, -0.25) is 0 Å². The SMILES string of the molecule is Nc1ccc(-n2c3ccccc3c3ccccc32)c(-c2ccc(-n3c4ccccc4c4ccccc43)cc2)c1-c1ccc(-n2c3ccccc3c3ccccc32)cc1. The first-order valence-corrected chi connectivity index (χ1v) is 19.8. The molecule has 0 aliphatic carbocycles. The normalized spacial score (nSPS) is 11.9. The number of anilines is 1. The Balaban J connectivity index is 1.09. The van der Waals surface area contributed by atoms with E-state index < -0.39 is 0 Å². The lowest BCUT2D eigenvalue weighted by Crippen LogP contribution is -2.03. The fourth-order valence-corrected chi connectivity index (χ4v) is 9.54. The standard InChI is InChI=1S/C54H36N4/c55-45-33-34-52(58-50-23-11-5-17-43(50)44-18-6-12-24-51(44)58)54(36-27-31-38(32-28-36)57-48-21-9-3-15-41(48)42-16-4-10-22-49(42)57)53(45)35-25-29-37(30-26-35)56-46-19-7-1-13-39(46)40-14-2-8-20-47(40)56/h1-34H,55H2. The Hall–Kier alpha value is -7.82. The van der Waals surface area contributed by atoms with Gasteiger partial charge in [0.1, 0.15) is 0 Å². The highest BCUT2D eigenvalue weighted by atomic mass is 15.0. The van der Waals surface area contributed by atoms with Gasteiger partial charge in [-0.05, 0) is 83.9 Å². The Labute approximate surface area is 334 Å². The number of fused-ring (bicyclic) bond motifs is 9. The summed E-state index contributed by atoms with van der Waals surface area (Å²) in [5.74, 6) is 0. The maximum atomic E-state index is 7.13. The van der Waals surface area contributed by atoms with Crippen LogP contribution in [-0.4, -0.2) is 13.7 Å². The van der Waals surface area contributed by atoms with E-state index in [-0.39, 0.29) is 0 Å². The van der Waals surface area contributed by atoms with Crippen LogP contribution in [0.5, 0.6) is 0 Å². The molecular formula is C54H36N4. The molecule has 4 heteroatoms. The summed E-state index contributed by atoms with van der Waals surface area (Å²) in [5, 5.41) is 7.44. The quantitative estimate of drug-likeness (QED) is 0.175. The first kappa shape index (κ1) is 32.4. The van der Waals surface area contributed by atoms with Gasteiger partial charge in [-0.15, -0.1) is 0 Å². The molecule has 58 heavy (non-hydrogen) atoms. The third-order valence-corrected chi connectivity index (χ3v) is 12.0. The highest BCUT2D eigenvalue weighted by Gasteiger charge is 2.22. The topological polar surface area (TPSA) is 40.8 Å². The molecule has 3 heterocycles. The number of nitrogen functional groups attached to an aromatic ring is 1. The molecule has 0 aliphatic rings. The van der Waals surface area contributed by atoms with E-state index in [1.54, 1.807) is 0 Å². The van der Waals surface area contributed by atoms with E-state index in [1.165, 1.54) is 54.4 Å². The number of aromatic nitrogens is 3. The fourth-order valence-electron chi connectivity index (χ4n) is 9.54. The number of hydrogen-bond donors (Lipinski definition) is 1. The lowest BCUT2D eigenvalue weighted by Gasteiger charge is -2.21. The molecule has 9 aromatic carbocycles. The van der Waals surface area contributed by atoms with Crippen molar-refractivity contribution in [2.24, 2.45) is 0 Å². The molecule has 0 spiro atoms. The van der Waals surface area contributed by atoms with Crippen molar-refractivity contribution in [2.45, 2.75) is 0 Å². The summed E-state index contributed by atoms with van der Waals surface area (Å²) in [6.45, 7) is 0. The highest BCUT2D eigenvalue weighted by Crippen LogP contribution is 2.45. The third-order valence-electron chi connectivity index (χ3n) is 12.0. The van der Waals surface area contributed by atoms with Crippen molar-refractivity contribution in [3.63, 3.8) is 0 Å². The molecule has 0 saturated carbocycles. The van der Waals surface area contributed by atoms with Gasteiger partial charge in [-0.1, -0.05) is 133 Å². The molecule has 4 nitrogen and oxygen atoms in total. The molecule has 3 aromatic heterocycles. The van der Waals surface area contributed by atoms with Crippen molar-refractivity contribution in [3.05, 3.63) is 206 Å². The van der Waals surface area contributed by atoms with E-state index in [4.69, 9.17) is 5.73 Å². The Morgan fingerprint density at radius 3 is 0.897 bits per heavy atom. The van der Waals surface area contributed by atoms with Gasteiger partial charge in [0.05, 0.1) is 38.8 Å². The average Bonchev–Trinajstić information content (AvgIpc) is 3.93. The second kappa shape index (κ2) is 12.6. The van der Waals surface area contributed by atoms with Gasteiger partial charge in [0.15, 0.2) is 0 Å². The van der Waals surface area contributed by atoms with Crippen LogP contribution in [0.3, 0.4) is 0 Å². The van der Waals surface area contributed by atoms with Crippen molar-refractivity contribution < 1.29 is 0 Å². The van der Waals surface area contributed by atoms with E-state index >= 15 is 0 Å². The number of nitrogens with two attached hydrogens (primary N) is 1. The zero-order valence-corrected chi connectivity index (χ0v) is 31.5. The lowest BCUT2D eigenvalue weighted by atomic mass is 9.91. The number of rotatable bonds is 5. The smallest absolute Gasteiger partial charge is 0.0548 e. The van der Waals surface area contributed by atoms with Gasteiger partial charge in [0.2, 0.25) is 0 Å². The summed E-state index contributed by atoms with van der Waals surface area (Å²) in [6.07, 6.45) is 0.